The van der Waals surface area contributed by atoms with E-state index in [4.69, 9.17) is 0 Å². The molecule has 0 radical (unpaired) electrons. The monoisotopic (exact) mass is 496 g/mol. The van der Waals surface area contributed by atoms with Gasteiger partial charge in [-0.25, -0.2) is 8.42 Å². The minimum absolute atomic E-state index is 0.105. The Balaban J connectivity index is 1.20. The van der Waals surface area contributed by atoms with Crippen LogP contribution in [0.25, 0.3) is 0 Å². The molecule has 8 heteroatoms. The van der Waals surface area contributed by atoms with Crippen molar-refractivity contribution in [3.63, 3.8) is 0 Å². The third-order valence-electron chi connectivity index (χ3n) is 7.65. The van der Waals surface area contributed by atoms with Crippen LogP contribution in [0.3, 0.4) is 0 Å². The van der Waals surface area contributed by atoms with Crippen LogP contribution >= 0.6 is 0 Å². The van der Waals surface area contributed by atoms with Crippen LogP contribution in [0.4, 0.5) is 5.69 Å². The Morgan fingerprint density at radius 1 is 0.857 bits per heavy atom. The fraction of sp³-hybridized carbons (Fsp3) is 0.519. The summed E-state index contributed by atoms with van der Waals surface area (Å²) >= 11 is 0. The number of nitrogens with zero attached hydrogens (tertiary/aromatic N) is 4. The highest BCUT2D eigenvalue weighted by atomic mass is 32.2. The minimum atomic E-state index is -3.45. The molecule has 0 spiro atoms. The lowest BCUT2D eigenvalue weighted by molar-refractivity contribution is -0.120. The van der Waals surface area contributed by atoms with Crippen LogP contribution in [-0.4, -0.2) is 80.8 Å². The van der Waals surface area contributed by atoms with Gasteiger partial charge in [-0.2, -0.15) is 4.31 Å². The van der Waals surface area contributed by atoms with E-state index in [1.165, 1.54) is 11.1 Å². The first-order valence-electron chi connectivity index (χ1n) is 12.8. The van der Waals surface area contributed by atoms with Gasteiger partial charge in [0.05, 0.1) is 11.4 Å². The van der Waals surface area contributed by atoms with Gasteiger partial charge < -0.3 is 4.90 Å². The predicted octanol–water partition coefficient (Wildman–Crippen LogP) is 2.88. The number of amides is 1. The van der Waals surface area contributed by atoms with Gasteiger partial charge >= 0.3 is 0 Å². The molecule has 1 amide bonds. The molecule has 188 valence electrons. The molecule has 3 aliphatic heterocycles. The van der Waals surface area contributed by atoms with Crippen molar-refractivity contribution in [3.05, 3.63) is 59.2 Å². The second-order valence-corrected chi connectivity index (χ2v) is 12.0. The highest BCUT2D eigenvalue weighted by molar-refractivity contribution is 7.89. The third kappa shape index (κ3) is 5.31. The Labute approximate surface area is 209 Å². The molecule has 0 atom stereocenters. The van der Waals surface area contributed by atoms with E-state index in [9.17, 15) is 13.2 Å². The summed E-state index contributed by atoms with van der Waals surface area (Å²) < 4.78 is 27.6. The number of hydrogen-bond donors (Lipinski definition) is 0. The van der Waals surface area contributed by atoms with Gasteiger partial charge in [-0.1, -0.05) is 24.3 Å². The number of aryl methyl sites for hydroxylation is 2. The minimum Gasteiger partial charge on any atom is -0.311 e. The van der Waals surface area contributed by atoms with Crippen LogP contribution in [0.5, 0.6) is 0 Å². The fourth-order valence-corrected chi connectivity index (χ4v) is 7.05. The maximum absolute atomic E-state index is 13.3. The zero-order valence-electron chi connectivity index (χ0n) is 20.7. The Hall–Kier alpha value is -2.26. The number of hydrogen-bond acceptors (Lipinski definition) is 5. The Bertz CT molecular complexity index is 1170. The quantitative estimate of drug-likeness (QED) is 0.616. The third-order valence-corrected chi connectivity index (χ3v) is 9.55. The fourth-order valence-electron chi connectivity index (χ4n) is 5.48. The second kappa shape index (κ2) is 10.4. The molecular formula is C27H36N4O3S. The van der Waals surface area contributed by atoms with E-state index < -0.39 is 10.0 Å². The molecule has 0 bridgehead atoms. The van der Waals surface area contributed by atoms with Crippen molar-refractivity contribution in [2.24, 2.45) is 0 Å². The Morgan fingerprint density at radius 2 is 1.57 bits per heavy atom. The number of fused-ring (bicyclic) bond motifs is 1. The molecule has 0 unspecified atom stereocenters. The molecule has 0 saturated carbocycles. The van der Waals surface area contributed by atoms with Gasteiger partial charge in [-0.05, 0) is 67.5 Å². The zero-order valence-corrected chi connectivity index (χ0v) is 21.5. The summed E-state index contributed by atoms with van der Waals surface area (Å²) in [6.45, 7) is 9.08. The molecule has 0 aliphatic carbocycles. The molecule has 2 fully saturated rings. The first-order valence-corrected chi connectivity index (χ1v) is 14.3. The Morgan fingerprint density at radius 3 is 2.31 bits per heavy atom. The van der Waals surface area contributed by atoms with Gasteiger partial charge in [-0.15, -0.1) is 0 Å². The standard InChI is InChI=1S/C27H36N4O3S/c1-22-7-2-3-8-24(22)20-28-15-17-29(18-16-28)21-27(32)31-14-6-9-23-19-25(10-11-26(23)31)35(33,34)30-12-4-5-13-30/h2-3,7-8,10-11,19H,4-6,9,12-18,20-21H2,1H3. The number of benzene rings is 2. The lowest BCUT2D eigenvalue weighted by Gasteiger charge is -2.36. The van der Waals surface area contributed by atoms with Crippen molar-refractivity contribution in [2.45, 2.75) is 44.0 Å². The van der Waals surface area contributed by atoms with Crippen molar-refractivity contribution in [1.82, 2.24) is 14.1 Å². The maximum Gasteiger partial charge on any atom is 0.243 e. The van der Waals surface area contributed by atoms with Crippen molar-refractivity contribution in [3.8, 4) is 0 Å². The molecule has 5 rings (SSSR count). The lowest BCUT2D eigenvalue weighted by atomic mass is 10.0. The second-order valence-electron chi connectivity index (χ2n) is 10.0. The van der Waals surface area contributed by atoms with E-state index >= 15 is 0 Å². The highest BCUT2D eigenvalue weighted by Crippen LogP contribution is 2.31. The molecule has 2 aromatic rings. The van der Waals surface area contributed by atoms with Crippen molar-refractivity contribution in [1.29, 1.82) is 0 Å². The first kappa shape index (κ1) is 24.4. The summed E-state index contributed by atoms with van der Waals surface area (Å²) in [5.74, 6) is 0.105. The maximum atomic E-state index is 13.3. The number of rotatable bonds is 6. The van der Waals surface area contributed by atoms with Crippen molar-refractivity contribution >= 4 is 21.6 Å². The van der Waals surface area contributed by atoms with Gasteiger partial charge in [0.2, 0.25) is 15.9 Å². The van der Waals surface area contributed by atoms with Gasteiger partial charge in [-0.3, -0.25) is 14.6 Å². The summed E-state index contributed by atoms with van der Waals surface area (Å²) in [5.41, 5.74) is 4.53. The smallest absolute Gasteiger partial charge is 0.243 e. The topological polar surface area (TPSA) is 64.2 Å². The van der Waals surface area contributed by atoms with Gasteiger partial charge in [0.1, 0.15) is 0 Å². The van der Waals surface area contributed by atoms with Crippen LogP contribution in [0.2, 0.25) is 0 Å². The van der Waals surface area contributed by atoms with Crippen molar-refractivity contribution in [2.75, 3.05) is 57.3 Å². The van der Waals surface area contributed by atoms with E-state index in [0.29, 0.717) is 31.1 Å². The summed E-state index contributed by atoms with van der Waals surface area (Å²) in [6.07, 6.45) is 3.51. The average Bonchev–Trinajstić information content (AvgIpc) is 3.42. The molecule has 2 aromatic carbocycles. The summed E-state index contributed by atoms with van der Waals surface area (Å²) in [4.78, 5) is 20.2. The zero-order chi connectivity index (χ0) is 24.4. The predicted molar refractivity (Wildman–Crippen MR) is 138 cm³/mol. The van der Waals surface area contributed by atoms with E-state index in [-0.39, 0.29) is 5.91 Å². The van der Waals surface area contributed by atoms with E-state index in [1.54, 1.807) is 16.4 Å². The van der Waals surface area contributed by atoms with E-state index in [2.05, 4.69) is 41.0 Å². The van der Waals surface area contributed by atoms with Crippen LogP contribution in [-0.2, 0) is 27.8 Å². The number of carbonyl (C=O) groups is 1. The van der Waals surface area contributed by atoms with E-state index in [1.807, 2.05) is 11.0 Å². The van der Waals surface area contributed by atoms with Crippen LogP contribution < -0.4 is 4.90 Å². The normalized spacial score (nSPS) is 20.2. The summed E-state index contributed by atoms with van der Waals surface area (Å²) in [5, 5.41) is 0. The largest absolute Gasteiger partial charge is 0.311 e. The number of carbonyl (C=O) groups excluding carboxylic acids is 1. The molecule has 3 aliphatic rings. The van der Waals surface area contributed by atoms with E-state index in [0.717, 1.165) is 69.7 Å². The molecule has 0 N–H and O–H groups in total. The number of anilines is 1. The lowest BCUT2D eigenvalue weighted by Crippen LogP contribution is -2.50. The van der Waals surface area contributed by atoms with Crippen molar-refractivity contribution < 1.29 is 13.2 Å². The van der Waals surface area contributed by atoms with Gasteiger partial charge in [0.15, 0.2) is 0 Å². The Kier molecular flexibility index (Phi) is 7.25. The molecular weight excluding hydrogens is 460 g/mol. The van der Waals surface area contributed by atoms with Gasteiger partial charge in [0, 0.05) is 58.0 Å². The molecule has 2 saturated heterocycles. The number of piperazine rings is 1. The molecule has 0 aromatic heterocycles. The molecule has 35 heavy (non-hydrogen) atoms. The van der Waals surface area contributed by atoms with Crippen LogP contribution in [0.1, 0.15) is 36.0 Å². The van der Waals surface area contributed by atoms with Crippen LogP contribution in [0, 0.1) is 6.92 Å². The number of sulfonamides is 1. The SMILES string of the molecule is Cc1ccccc1CN1CCN(CC(=O)N2CCCc3cc(S(=O)(=O)N4CCCC4)ccc32)CC1. The summed E-state index contributed by atoms with van der Waals surface area (Å²) in [6, 6.07) is 13.9. The van der Waals surface area contributed by atoms with Crippen LogP contribution in [0.15, 0.2) is 47.4 Å². The summed E-state index contributed by atoms with van der Waals surface area (Å²) in [7, 11) is -3.45. The average molecular weight is 497 g/mol. The van der Waals surface area contributed by atoms with Gasteiger partial charge in [0.25, 0.3) is 0 Å². The highest BCUT2D eigenvalue weighted by Gasteiger charge is 2.30. The molecule has 7 nitrogen and oxygen atoms in total. The first-order chi connectivity index (χ1) is 16.9. The molecule has 3 heterocycles.